The highest BCUT2D eigenvalue weighted by molar-refractivity contribution is 5.95. The number of hydrogen-bond donors (Lipinski definition) is 1. The van der Waals surface area contributed by atoms with Gasteiger partial charge in [0.2, 0.25) is 0 Å². The average Bonchev–Trinajstić information content (AvgIpc) is 2.62. The standard InChI is InChI=1S/C19H23N3O/c1-2-15-8-4-5-9-18(15)21-17-12-16(13-20-14-17)19(23)22-10-6-3-7-11-22/h4-5,8-9,12-14,21H,2-3,6-7,10-11H2,1H3. The number of para-hydroxylation sites is 1. The molecule has 0 bridgehead atoms. The number of pyridine rings is 1. The zero-order chi connectivity index (χ0) is 16.1. The highest BCUT2D eigenvalue weighted by atomic mass is 16.2. The first-order chi connectivity index (χ1) is 11.3. The zero-order valence-corrected chi connectivity index (χ0v) is 13.6. The number of nitrogens with one attached hydrogen (secondary N) is 1. The summed E-state index contributed by atoms with van der Waals surface area (Å²) in [5.41, 5.74) is 3.83. The second-order valence-electron chi connectivity index (χ2n) is 5.95. The third-order valence-electron chi connectivity index (χ3n) is 4.31. The van der Waals surface area contributed by atoms with Crippen molar-refractivity contribution in [2.24, 2.45) is 0 Å². The highest BCUT2D eigenvalue weighted by Crippen LogP contribution is 2.22. The molecule has 1 aliphatic rings. The number of anilines is 2. The van der Waals surface area contributed by atoms with E-state index in [4.69, 9.17) is 0 Å². The lowest BCUT2D eigenvalue weighted by Crippen LogP contribution is -2.35. The first-order valence-corrected chi connectivity index (χ1v) is 8.37. The fraction of sp³-hybridized carbons (Fsp3) is 0.368. The van der Waals surface area contributed by atoms with E-state index >= 15 is 0 Å². The maximum Gasteiger partial charge on any atom is 0.255 e. The lowest BCUT2D eigenvalue weighted by atomic mass is 10.1. The molecular formula is C19H23N3O. The van der Waals surface area contributed by atoms with Crippen LogP contribution >= 0.6 is 0 Å². The minimum absolute atomic E-state index is 0.0876. The highest BCUT2D eigenvalue weighted by Gasteiger charge is 2.18. The molecule has 1 N–H and O–H groups in total. The number of nitrogens with zero attached hydrogens (tertiary/aromatic N) is 2. The zero-order valence-electron chi connectivity index (χ0n) is 13.6. The Bertz CT molecular complexity index is 678. The molecule has 3 rings (SSSR count). The number of likely N-dealkylation sites (tertiary alicyclic amines) is 1. The van der Waals surface area contributed by atoms with Crippen LogP contribution in [-0.4, -0.2) is 28.9 Å². The fourth-order valence-corrected chi connectivity index (χ4v) is 3.01. The van der Waals surface area contributed by atoms with Crippen molar-refractivity contribution in [1.82, 2.24) is 9.88 Å². The second kappa shape index (κ2) is 7.27. The molecule has 1 saturated heterocycles. The Morgan fingerprint density at radius 3 is 2.74 bits per heavy atom. The maximum atomic E-state index is 12.6. The second-order valence-corrected chi connectivity index (χ2v) is 5.95. The Morgan fingerprint density at radius 2 is 1.96 bits per heavy atom. The van der Waals surface area contributed by atoms with Crippen molar-refractivity contribution in [2.45, 2.75) is 32.6 Å². The maximum absolute atomic E-state index is 12.6. The number of aromatic nitrogens is 1. The largest absolute Gasteiger partial charge is 0.354 e. The topological polar surface area (TPSA) is 45.2 Å². The van der Waals surface area contributed by atoms with E-state index in [2.05, 4.69) is 29.4 Å². The Morgan fingerprint density at radius 1 is 1.17 bits per heavy atom. The monoisotopic (exact) mass is 309 g/mol. The number of carbonyl (C=O) groups excluding carboxylic acids is 1. The van der Waals surface area contributed by atoms with Gasteiger partial charge in [0.05, 0.1) is 17.4 Å². The number of rotatable bonds is 4. The van der Waals surface area contributed by atoms with E-state index in [1.165, 1.54) is 12.0 Å². The summed E-state index contributed by atoms with van der Waals surface area (Å²) in [5.74, 6) is 0.0876. The lowest BCUT2D eigenvalue weighted by molar-refractivity contribution is 0.0724. The minimum atomic E-state index is 0.0876. The Kier molecular flexibility index (Phi) is 4.91. The van der Waals surface area contributed by atoms with E-state index in [-0.39, 0.29) is 5.91 Å². The molecule has 4 nitrogen and oxygen atoms in total. The molecule has 0 aliphatic carbocycles. The predicted octanol–water partition coefficient (Wildman–Crippen LogP) is 4.01. The molecule has 0 radical (unpaired) electrons. The molecule has 1 aliphatic heterocycles. The lowest BCUT2D eigenvalue weighted by Gasteiger charge is -2.26. The number of carbonyl (C=O) groups is 1. The van der Waals surface area contributed by atoms with Crippen molar-refractivity contribution in [2.75, 3.05) is 18.4 Å². The summed E-state index contributed by atoms with van der Waals surface area (Å²) in [7, 11) is 0. The van der Waals surface area contributed by atoms with Crippen molar-refractivity contribution in [3.05, 3.63) is 53.9 Å². The Balaban J connectivity index is 1.78. The summed E-state index contributed by atoms with van der Waals surface area (Å²) in [4.78, 5) is 18.8. The Labute approximate surface area is 137 Å². The van der Waals surface area contributed by atoms with Crippen LogP contribution < -0.4 is 5.32 Å². The van der Waals surface area contributed by atoms with Crippen molar-refractivity contribution in [3.8, 4) is 0 Å². The average molecular weight is 309 g/mol. The van der Waals surface area contributed by atoms with Crippen LogP contribution in [0.3, 0.4) is 0 Å². The van der Waals surface area contributed by atoms with Crippen LogP contribution in [0.5, 0.6) is 0 Å². The third-order valence-corrected chi connectivity index (χ3v) is 4.31. The minimum Gasteiger partial charge on any atom is -0.354 e. The van der Waals surface area contributed by atoms with E-state index in [0.29, 0.717) is 5.56 Å². The van der Waals surface area contributed by atoms with Gasteiger partial charge >= 0.3 is 0 Å². The van der Waals surface area contributed by atoms with Crippen LogP contribution in [0.4, 0.5) is 11.4 Å². The molecule has 1 aromatic carbocycles. The van der Waals surface area contributed by atoms with Gasteiger partial charge in [-0.3, -0.25) is 9.78 Å². The summed E-state index contributed by atoms with van der Waals surface area (Å²) >= 11 is 0. The molecule has 120 valence electrons. The van der Waals surface area contributed by atoms with Crippen LogP contribution in [0.25, 0.3) is 0 Å². The molecule has 0 unspecified atom stereocenters. The van der Waals surface area contributed by atoms with Crippen molar-refractivity contribution in [1.29, 1.82) is 0 Å². The molecule has 0 saturated carbocycles. The van der Waals surface area contributed by atoms with Gasteiger partial charge in [-0.1, -0.05) is 25.1 Å². The van der Waals surface area contributed by atoms with Crippen molar-refractivity contribution < 1.29 is 4.79 Å². The predicted molar refractivity (Wildman–Crippen MR) is 93.1 cm³/mol. The number of hydrogen-bond acceptors (Lipinski definition) is 3. The van der Waals surface area contributed by atoms with Gasteiger partial charge in [-0.15, -0.1) is 0 Å². The summed E-state index contributed by atoms with van der Waals surface area (Å²) in [6.07, 6.45) is 7.80. The van der Waals surface area contributed by atoms with Crippen LogP contribution in [0, 0.1) is 0 Å². The first-order valence-electron chi connectivity index (χ1n) is 8.37. The molecule has 0 spiro atoms. The number of aryl methyl sites for hydroxylation is 1. The van der Waals surface area contributed by atoms with E-state index in [1.54, 1.807) is 12.4 Å². The normalized spacial score (nSPS) is 14.6. The van der Waals surface area contributed by atoms with E-state index in [9.17, 15) is 4.79 Å². The van der Waals surface area contributed by atoms with Crippen molar-refractivity contribution in [3.63, 3.8) is 0 Å². The summed E-state index contributed by atoms with van der Waals surface area (Å²) in [6, 6.07) is 10.1. The number of piperidine rings is 1. The quantitative estimate of drug-likeness (QED) is 0.928. The molecule has 23 heavy (non-hydrogen) atoms. The summed E-state index contributed by atoms with van der Waals surface area (Å²) < 4.78 is 0. The van der Waals surface area contributed by atoms with Gasteiger partial charge in [0.15, 0.2) is 0 Å². The van der Waals surface area contributed by atoms with Gasteiger partial charge in [-0.25, -0.2) is 0 Å². The van der Waals surface area contributed by atoms with Crippen LogP contribution in [0.2, 0.25) is 0 Å². The van der Waals surface area contributed by atoms with Gasteiger partial charge in [0.1, 0.15) is 0 Å². The van der Waals surface area contributed by atoms with E-state index < -0.39 is 0 Å². The van der Waals surface area contributed by atoms with E-state index in [1.807, 2.05) is 23.1 Å². The van der Waals surface area contributed by atoms with E-state index in [0.717, 1.165) is 43.7 Å². The number of amides is 1. The van der Waals surface area contributed by atoms with Gasteiger partial charge in [0, 0.05) is 25.0 Å². The van der Waals surface area contributed by atoms with Crippen LogP contribution in [0.1, 0.15) is 42.1 Å². The van der Waals surface area contributed by atoms with Gasteiger partial charge in [0.25, 0.3) is 5.91 Å². The number of benzene rings is 1. The molecule has 1 fully saturated rings. The third kappa shape index (κ3) is 3.70. The first kappa shape index (κ1) is 15.5. The Hall–Kier alpha value is -2.36. The van der Waals surface area contributed by atoms with Crippen LogP contribution in [-0.2, 0) is 6.42 Å². The van der Waals surface area contributed by atoms with Gasteiger partial charge in [-0.2, -0.15) is 0 Å². The molecular weight excluding hydrogens is 286 g/mol. The molecule has 1 amide bonds. The van der Waals surface area contributed by atoms with Gasteiger partial charge < -0.3 is 10.2 Å². The summed E-state index contributed by atoms with van der Waals surface area (Å²) in [6.45, 7) is 3.85. The molecule has 0 atom stereocenters. The fourth-order valence-electron chi connectivity index (χ4n) is 3.01. The molecule has 2 aromatic rings. The van der Waals surface area contributed by atoms with Gasteiger partial charge in [-0.05, 0) is 43.4 Å². The van der Waals surface area contributed by atoms with Crippen molar-refractivity contribution >= 4 is 17.3 Å². The molecule has 2 heterocycles. The van der Waals surface area contributed by atoms with Crippen LogP contribution in [0.15, 0.2) is 42.7 Å². The smallest absolute Gasteiger partial charge is 0.255 e. The summed E-state index contributed by atoms with van der Waals surface area (Å²) in [5, 5.41) is 3.39. The molecule has 1 aromatic heterocycles. The molecule has 4 heteroatoms. The SMILES string of the molecule is CCc1ccccc1Nc1cncc(C(=O)N2CCCCC2)c1.